The summed E-state index contributed by atoms with van der Waals surface area (Å²) >= 11 is 1.22. The third-order valence-electron chi connectivity index (χ3n) is 3.97. The molecule has 0 spiro atoms. The topological polar surface area (TPSA) is 101 Å². The van der Waals surface area contributed by atoms with Crippen molar-refractivity contribution in [1.82, 2.24) is 10.2 Å². The minimum Gasteiger partial charge on any atom is -0.497 e. The van der Waals surface area contributed by atoms with Crippen molar-refractivity contribution >= 4 is 38.1 Å². The average Bonchev–Trinajstić information content (AvgIpc) is 3.15. The van der Waals surface area contributed by atoms with E-state index in [4.69, 9.17) is 4.74 Å². The number of rotatable bonds is 6. The number of methoxy groups -OCH3 is 1. The molecule has 0 aliphatic carbocycles. The van der Waals surface area contributed by atoms with Crippen LogP contribution in [0.2, 0.25) is 0 Å². The summed E-state index contributed by atoms with van der Waals surface area (Å²) in [6.45, 7) is 0. The Kier molecular flexibility index (Phi) is 5.61. The summed E-state index contributed by atoms with van der Waals surface area (Å²) in [5.74, 6) is 0.261. The van der Waals surface area contributed by atoms with Gasteiger partial charge in [-0.25, -0.2) is 8.42 Å². The molecule has 1 amide bonds. The van der Waals surface area contributed by atoms with Crippen molar-refractivity contribution in [1.29, 1.82) is 0 Å². The summed E-state index contributed by atoms with van der Waals surface area (Å²) in [4.78, 5) is 12.7. The van der Waals surface area contributed by atoms with Gasteiger partial charge in [-0.1, -0.05) is 23.5 Å². The maximum atomic E-state index is 12.7. The van der Waals surface area contributed by atoms with Crippen LogP contribution in [0.25, 0.3) is 10.6 Å². The van der Waals surface area contributed by atoms with E-state index in [0.29, 0.717) is 10.1 Å². The maximum absolute atomic E-state index is 12.7. The Morgan fingerprint density at radius 3 is 2.43 bits per heavy atom. The quantitative estimate of drug-likeness (QED) is 0.660. The van der Waals surface area contributed by atoms with Crippen LogP contribution in [-0.4, -0.2) is 44.9 Å². The maximum Gasteiger partial charge on any atom is 0.259 e. The lowest BCUT2D eigenvalue weighted by atomic mass is 10.1. The van der Waals surface area contributed by atoms with Gasteiger partial charge in [0.25, 0.3) is 5.91 Å². The van der Waals surface area contributed by atoms with Crippen LogP contribution < -0.4 is 14.4 Å². The Labute approximate surface area is 166 Å². The van der Waals surface area contributed by atoms with Crippen LogP contribution in [0.3, 0.4) is 0 Å². The fraction of sp³-hybridized carbons (Fsp3) is 0.167. The number of ether oxygens (including phenoxy) is 1. The highest BCUT2D eigenvalue weighted by molar-refractivity contribution is 7.92. The van der Waals surface area contributed by atoms with Crippen LogP contribution in [-0.2, 0) is 10.0 Å². The number of aromatic nitrogens is 2. The molecule has 1 N–H and O–H groups in total. The van der Waals surface area contributed by atoms with Crippen LogP contribution in [0.15, 0.2) is 48.5 Å². The molecule has 0 saturated heterocycles. The van der Waals surface area contributed by atoms with Crippen LogP contribution in [0.1, 0.15) is 10.4 Å². The number of amides is 1. The van der Waals surface area contributed by atoms with Gasteiger partial charge >= 0.3 is 0 Å². The molecule has 146 valence electrons. The largest absolute Gasteiger partial charge is 0.497 e. The normalized spacial score (nSPS) is 11.1. The van der Waals surface area contributed by atoms with E-state index in [1.54, 1.807) is 31.4 Å². The van der Waals surface area contributed by atoms with Gasteiger partial charge in [0.05, 0.1) is 24.6 Å². The van der Waals surface area contributed by atoms with Gasteiger partial charge in [0.15, 0.2) is 0 Å². The lowest BCUT2D eigenvalue weighted by molar-refractivity contribution is 0.102. The summed E-state index contributed by atoms with van der Waals surface area (Å²) in [5, 5.41) is 11.7. The SMILES string of the molecule is COc1ccc(-c2nnc(NC(=O)c3ccccc3N(C)S(C)(=O)=O)s2)cc1. The van der Waals surface area contributed by atoms with Crippen LogP contribution in [0.5, 0.6) is 5.75 Å². The lowest BCUT2D eigenvalue weighted by Gasteiger charge is -2.19. The fourth-order valence-electron chi connectivity index (χ4n) is 2.41. The Morgan fingerprint density at radius 2 is 1.79 bits per heavy atom. The fourth-order valence-corrected chi connectivity index (χ4v) is 3.67. The molecule has 0 atom stereocenters. The number of hydrogen-bond acceptors (Lipinski definition) is 7. The second-order valence-corrected chi connectivity index (χ2v) is 8.83. The minimum atomic E-state index is -3.50. The minimum absolute atomic E-state index is 0.219. The zero-order valence-electron chi connectivity index (χ0n) is 15.4. The van der Waals surface area contributed by atoms with E-state index in [1.165, 1.54) is 18.4 Å². The molecule has 0 saturated carbocycles. The summed E-state index contributed by atoms with van der Waals surface area (Å²) < 4.78 is 29.9. The van der Waals surface area contributed by atoms with Gasteiger partial charge < -0.3 is 4.74 Å². The van der Waals surface area contributed by atoms with Crippen LogP contribution in [0, 0.1) is 0 Å². The smallest absolute Gasteiger partial charge is 0.259 e. The van der Waals surface area contributed by atoms with Gasteiger partial charge in [-0.2, -0.15) is 0 Å². The zero-order chi connectivity index (χ0) is 20.3. The number of para-hydroxylation sites is 1. The molecular weight excluding hydrogens is 400 g/mol. The third-order valence-corrected chi connectivity index (χ3v) is 6.05. The zero-order valence-corrected chi connectivity index (χ0v) is 17.0. The van der Waals surface area contributed by atoms with E-state index in [0.717, 1.165) is 21.9 Å². The molecule has 0 unspecified atom stereocenters. The number of nitrogens with one attached hydrogen (secondary N) is 1. The Bertz CT molecular complexity index is 1090. The molecule has 0 aliphatic rings. The number of carbonyl (C=O) groups excluding carboxylic acids is 1. The van der Waals surface area contributed by atoms with E-state index >= 15 is 0 Å². The van der Waals surface area contributed by atoms with Crippen LogP contribution >= 0.6 is 11.3 Å². The average molecular weight is 419 g/mol. The third kappa shape index (κ3) is 4.29. The first-order valence-corrected chi connectivity index (χ1v) is 10.8. The van der Waals surface area contributed by atoms with Gasteiger partial charge in [-0.05, 0) is 36.4 Å². The van der Waals surface area contributed by atoms with Crippen molar-refractivity contribution in [2.75, 3.05) is 30.0 Å². The molecule has 0 fully saturated rings. The predicted octanol–water partition coefficient (Wildman–Crippen LogP) is 2.86. The summed E-state index contributed by atoms with van der Waals surface area (Å²) in [5.41, 5.74) is 1.34. The van der Waals surface area contributed by atoms with Gasteiger partial charge in [0.1, 0.15) is 10.8 Å². The predicted molar refractivity (Wildman–Crippen MR) is 110 cm³/mol. The van der Waals surface area contributed by atoms with E-state index in [-0.39, 0.29) is 11.3 Å². The second-order valence-electron chi connectivity index (χ2n) is 5.84. The highest BCUT2D eigenvalue weighted by Crippen LogP contribution is 2.29. The van der Waals surface area contributed by atoms with Gasteiger partial charge in [-0.3, -0.25) is 14.4 Å². The first kappa shape index (κ1) is 19.8. The number of benzene rings is 2. The van der Waals surface area contributed by atoms with Crippen LogP contribution in [0.4, 0.5) is 10.8 Å². The highest BCUT2D eigenvalue weighted by atomic mass is 32.2. The molecule has 0 aliphatic heterocycles. The molecule has 0 radical (unpaired) electrons. The molecule has 8 nitrogen and oxygen atoms in total. The Morgan fingerprint density at radius 1 is 1.11 bits per heavy atom. The molecular formula is C18H18N4O4S2. The summed E-state index contributed by atoms with van der Waals surface area (Å²) in [6, 6.07) is 13.8. The second kappa shape index (κ2) is 7.95. The van der Waals surface area contributed by atoms with Gasteiger partial charge in [0, 0.05) is 12.6 Å². The van der Waals surface area contributed by atoms with Crippen molar-refractivity contribution in [2.24, 2.45) is 0 Å². The van der Waals surface area contributed by atoms with Crippen molar-refractivity contribution in [3.05, 3.63) is 54.1 Å². The van der Waals surface area contributed by atoms with Crippen molar-refractivity contribution < 1.29 is 17.9 Å². The molecule has 1 heterocycles. The number of sulfonamides is 1. The number of carbonyl (C=O) groups is 1. The lowest BCUT2D eigenvalue weighted by Crippen LogP contribution is -2.27. The Hall–Kier alpha value is -2.98. The molecule has 0 bridgehead atoms. The van der Waals surface area contributed by atoms with Gasteiger partial charge in [-0.15, -0.1) is 10.2 Å². The van der Waals surface area contributed by atoms with Crippen molar-refractivity contribution in [3.63, 3.8) is 0 Å². The number of nitrogens with zero attached hydrogens (tertiary/aromatic N) is 3. The number of anilines is 2. The highest BCUT2D eigenvalue weighted by Gasteiger charge is 2.20. The first-order chi connectivity index (χ1) is 13.3. The first-order valence-electron chi connectivity index (χ1n) is 8.12. The molecule has 1 aromatic heterocycles. The van der Waals surface area contributed by atoms with Crippen molar-refractivity contribution in [3.8, 4) is 16.3 Å². The molecule has 28 heavy (non-hydrogen) atoms. The van der Waals surface area contributed by atoms with Gasteiger partial charge in [0.2, 0.25) is 15.2 Å². The molecule has 3 aromatic rings. The molecule has 2 aromatic carbocycles. The standard InChI is InChI=1S/C18H18N4O4S2/c1-22(28(3,24)25)15-7-5-4-6-14(15)16(23)19-18-21-20-17(27-18)12-8-10-13(26-2)11-9-12/h4-11H,1-3H3,(H,19,21,23). The van der Waals surface area contributed by atoms with E-state index in [9.17, 15) is 13.2 Å². The molecule has 3 rings (SSSR count). The Balaban J connectivity index is 1.82. The number of hydrogen-bond donors (Lipinski definition) is 1. The van der Waals surface area contributed by atoms with Crippen molar-refractivity contribution in [2.45, 2.75) is 0 Å². The molecule has 10 heteroatoms. The van der Waals surface area contributed by atoms with E-state index in [1.807, 2.05) is 24.3 Å². The van der Waals surface area contributed by atoms with E-state index < -0.39 is 15.9 Å². The summed E-state index contributed by atoms with van der Waals surface area (Å²) in [6.07, 6.45) is 1.08. The van der Waals surface area contributed by atoms with E-state index in [2.05, 4.69) is 15.5 Å². The monoisotopic (exact) mass is 418 g/mol. The summed E-state index contributed by atoms with van der Waals surface area (Å²) in [7, 11) is -0.518.